The lowest BCUT2D eigenvalue weighted by molar-refractivity contribution is 0.690. The minimum absolute atomic E-state index is 0.598. The van der Waals surface area contributed by atoms with E-state index in [0.717, 1.165) is 13.0 Å². The molecule has 0 aliphatic rings. The van der Waals surface area contributed by atoms with Gasteiger partial charge in [0.25, 0.3) is 0 Å². The third-order valence-electron chi connectivity index (χ3n) is 1.97. The van der Waals surface area contributed by atoms with E-state index in [-0.39, 0.29) is 0 Å². The summed E-state index contributed by atoms with van der Waals surface area (Å²) < 4.78 is 0. The molecule has 0 saturated carbocycles. The zero-order valence-corrected chi connectivity index (χ0v) is 6.96. The molecule has 0 saturated heterocycles. The van der Waals surface area contributed by atoms with Gasteiger partial charge in [-0.3, -0.25) is 0 Å². The van der Waals surface area contributed by atoms with Gasteiger partial charge in [0, 0.05) is 0 Å². The van der Waals surface area contributed by atoms with Crippen molar-refractivity contribution in [3.05, 3.63) is 35.9 Å². The molecule has 11 heavy (non-hydrogen) atoms. The smallest absolute Gasteiger partial charge is 0.00715 e. The molecule has 1 aromatic carbocycles. The molecule has 0 heterocycles. The molecule has 1 heteroatoms. The molecule has 1 aromatic rings. The first-order valence-electron chi connectivity index (χ1n) is 4.09. The van der Waals surface area contributed by atoms with Crippen molar-refractivity contribution >= 4 is 0 Å². The number of hydrogen-bond acceptors (Lipinski definition) is 1. The van der Waals surface area contributed by atoms with Gasteiger partial charge in [-0.2, -0.15) is 0 Å². The molecule has 1 nitrogen and oxygen atoms in total. The van der Waals surface area contributed by atoms with Gasteiger partial charge in [0.05, 0.1) is 0 Å². The maximum atomic E-state index is 5.47. The summed E-state index contributed by atoms with van der Waals surface area (Å²) in [7, 11) is 0. The topological polar surface area (TPSA) is 26.0 Å². The molecule has 0 aliphatic heterocycles. The van der Waals surface area contributed by atoms with E-state index >= 15 is 0 Å². The molecular formula is C10H15N. The van der Waals surface area contributed by atoms with Crippen LogP contribution >= 0.6 is 0 Å². The first-order valence-corrected chi connectivity index (χ1v) is 4.09. The average Bonchev–Trinajstić information content (AvgIpc) is 2.07. The second-order valence-electron chi connectivity index (χ2n) is 2.89. The van der Waals surface area contributed by atoms with Crippen molar-refractivity contribution in [2.45, 2.75) is 19.3 Å². The van der Waals surface area contributed by atoms with Gasteiger partial charge in [-0.25, -0.2) is 0 Å². The van der Waals surface area contributed by atoms with Crippen molar-refractivity contribution in [2.24, 2.45) is 5.73 Å². The van der Waals surface area contributed by atoms with E-state index in [0.29, 0.717) is 5.92 Å². The van der Waals surface area contributed by atoms with Crippen LogP contribution in [0, 0.1) is 0 Å². The van der Waals surface area contributed by atoms with Gasteiger partial charge in [-0.1, -0.05) is 37.3 Å². The molecule has 0 radical (unpaired) electrons. The van der Waals surface area contributed by atoms with Gasteiger partial charge in [0.2, 0.25) is 0 Å². The van der Waals surface area contributed by atoms with E-state index in [1.807, 2.05) is 6.07 Å². The van der Waals surface area contributed by atoms with Crippen molar-refractivity contribution in [3.8, 4) is 0 Å². The van der Waals surface area contributed by atoms with Gasteiger partial charge in [0.15, 0.2) is 0 Å². The van der Waals surface area contributed by atoms with E-state index in [4.69, 9.17) is 5.73 Å². The van der Waals surface area contributed by atoms with Crippen LogP contribution in [0.1, 0.15) is 24.8 Å². The van der Waals surface area contributed by atoms with Crippen LogP contribution in [-0.2, 0) is 0 Å². The maximum Gasteiger partial charge on any atom is -0.00715 e. The van der Waals surface area contributed by atoms with E-state index in [9.17, 15) is 0 Å². The second-order valence-corrected chi connectivity index (χ2v) is 2.89. The minimum atomic E-state index is 0.598. The fraction of sp³-hybridized carbons (Fsp3) is 0.400. The number of nitrogens with two attached hydrogens (primary N) is 1. The number of hydrogen-bond donors (Lipinski definition) is 1. The van der Waals surface area contributed by atoms with Crippen LogP contribution in [0.3, 0.4) is 0 Å². The van der Waals surface area contributed by atoms with Crippen LogP contribution in [-0.4, -0.2) is 6.54 Å². The molecule has 0 fully saturated rings. The Bertz CT molecular complexity index is 193. The largest absolute Gasteiger partial charge is 0.330 e. The maximum absolute atomic E-state index is 5.47. The molecule has 0 amide bonds. The lowest BCUT2D eigenvalue weighted by Gasteiger charge is -2.08. The summed E-state index contributed by atoms with van der Waals surface area (Å²) in [6.45, 7) is 2.98. The molecule has 0 unspecified atom stereocenters. The van der Waals surface area contributed by atoms with Crippen LogP contribution in [0.25, 0.3) is 0 Å². The summed E-state index contributed by atoms with van der Waals surface area (Å²) in [5, 5.41) is 0. The van der Waals surface area contributed by atoms with Gasteiger partial charge >= 0.3 is 0 Å². The van der Waals surface area contributed by atoms with Gasteiger partial charge < -0.3 is 5.73 Å². The van der Waals surface area contributed by atoms with E-state index in [1.165, 1.54) is 5.56 Å². The summed E-state index contributed by atoms with van der Waals surface area (Å²) in [4.78, 5) is 0. The molecular weight excluding hydrogens is 134 g/mol. The van der Waals surface area contributed by atoms with Crippen molar-refractivity contribution in [2.75, 3.05) is 6.54 Å². The molecule has 1 atom stereocenters. The van der Waals surface area contributed by atoms with Crippen LogP contribution in [0.2, 0.25) is 0 Å². The third kappa shape index (κ3) is 2.35. The normalized spacial score (nSPS) is 12.9. The standard InChI is InChI=1S/C10H15N/c1-9(7-8-11)10-5-3-2-4-6-10/h2-6,9H,7-8,11H2,1H3/t9-/m1/s1. The summed E-state index contributed by atoms with van der Waals surface area (Å²) in [5.74, 6) is 0.598. The Kier molecular flexibility index (Phi) is 3.12. The van der Waals surface area contributed by atoms with Gasteiger partial charge in [-0.15, -0.1) is 0 Å². The first kappa shape index (κ1) is 8.28. The van der Waals surface area contributed by atoms with Gasteiger partial charge in [-0.05, 0) is 24.4 Å². The minimum Gasteiger partial charge on any atom is -0.330 e. The highest BCUT2D eigenvalue weighted by Crippen LogP contribution is 2.16. The highest BCUT2D eigenvalue weighted by Gasteiger charge is 2.01. The molecule has 0 spiro atoms. The van der Waals surface area contributed by atoms with Crippen molar-refractivity contribution in [3.63, 3.8) is 0 Å². The Morgan fingerprint density at radius 2 is 1.91 bits per heavy atom. The Labute approximate surface area is 68.2 Å². The van der Waals surface area contributed by atoms with E-state index in [2.05, 4.69) is 31.2 Å². The Hall–Kier alpha value is -0.820. The third-order valence-corrected chi connectivity index (χ3v) is 1.97. The van der Waals surface area contributed by atoms with Crippen molar-refractivity contribution in [1.82, 2.24) is 0 Å². The molecule has 60 valence electrons. The zero-order valence-electron chi connectivity index (χ0n) is 6.96. The van der Waals surface area contributed by atoms with Crippen molar-refractivity contribution < 1.29 is 0 Å². The highest BCUT2D eigenvalue weighted by atomic mass is 14.5. The molecule has 1 rings (SSSR count). The van der Waals surface area contributed by atoms with Crippen LogP contribution < -0.4 is 5.73 Å². The molecule has 0 bridgehead atoms. The second kappa shape index (κ2) is 4.14. The number of benzene rings is 1. The zero-order chi connectivity index (χ0) is 8.10. The summed E-state index contributed by atoms with van der Waals surface area (Å²) in [6, 6.07) is 10.5. The number of rotatable bonds is 3. The predicted molar refractivity (Wildman–Crippen MR) is 48.5 cm³/mol. The lowest BCUT2D eigenvalue weighted by Crippen LogP contribution is -2.04. The predicted octanol–water partition coefficient (Wildman–Crippen LogP) is 2.14. The van der Waals surface area contributed by atoms with Crippen molar-refractivity contribution in [1.29, 1.82) is 0 Å². The Morgan fingerprint density at radius 3 is 2.45 bits per heavy atom. The van der Waals surface area contributed by atoms with E-state index < -0.39 is 0 Å². The monoisotopic (exact) mass is 149 g/mol. The average molecular weight is 149 g/mol. The summed E-state index contributed by atoms with van der Waals surface area (Å²) in [5.41, 5.74) is 6.85. The van der Waals surface area contributed by atoms with Gasteiger partial charge in [0.1, 0.15) is 0 Å². The lowest BCUT2D eigenvalue weighted by atomic mass is 9.98. The van der Waals surface area contributed by atoms with Crippen LogP contribution in [0.15, 0.2) is 30.3 Å². The summed E-state index contributed by atoms with van der Waals surface area (Å²) in [6.07, 6.45) is 1.07. The Balaban J connectivity index is 2.61. The molecule has 0 aromatic heterocycles. The Morgan fingerprint density at radius 1 is 1.27 bits per heavy atom. The molecule has 2 N–H and O–H groups in total. The SMILES string of the molecule is C[C@H](CCN)c1ccccc1. The van der Waals surface area contributed by atoms with E-state index in [1.54, 1.807) is 0 Å². The highest BCUT2D eigenvalue weighted by molar-refractivity contribution is 5.18. The first-order chi connectivity index (χ1) is 5.34. The fourth-order valence-corrected chi connectivity index (χ4v) is 1.20. The van der Waals surface area contributed by atoms with Crippen LogP contribution in [0.4, 0.5) is 0 Å². The van der Waals surface area contributed by atoms with Crippen LogP contribution in [0.5, 0.6) is 0 Å². The fourth-order valence-electron chi connectivity index (χ4n) is 1.20. The molecule has 0 aliphatic carbocycles. The summed E-state index contributed by atoms with van der Waals surface area (Å²) >= 11 is 0. The quantitative estimate of drug-likeness (QED) is 0.700.